The Kier molecular flexibility index (Phi) is 5.51. The molecule has 0 spiro atoms. The minimum absolute atomic E-state index is 0.617. The van der Waals surface area contributed by atoms with Crippen LogP contribution >= 0.6 is 0 Å². The molecule has 0 N–H and O–H groups in total. The monoisotopic (exact) mass is 324 g/mol. The molecule has 1 aliphatic rings. The van der Waals surface area contributed by atoms with Gasteiger partial charge in [-0.25, -0.2) is 9.97 Å². The highest BCUT2D eigenvalue weighted by atomic mass is 16.1. The summed E-state index contributed by atoms with van der Waals surface area (Å²) in [7, 11) is 0. The number of hydrogen-bond donors (Lipinski definition) is 0. The molecule has 0 bridgehead atoms. The molecule has 0 radical (unpaired) electrons. The van der Waals surface area contributed by atoms with Gasteiger partial charge >= 0.3 is 0 Å². The first-order chi connectivity index (χ1) is 11.8. The fourth-order valence-corrected chi connectivity index (χ4v) is 3.18. The number of rotatable bonds is 8. The molecule has 5 nitrogen and oxygen atoms in total. The first kappa shape index (κ1) is 16.6. The lowest BCUT2D eigenvalue weighted by molar-refractivity contribution is -0.107. The summed E-state index contributed by atoms with van der Waals surface area (Å²) in [6.07, 6.45) is 10.2. The van der Waals surface area contributed by atoms with Gasteiger partial charge in [-0.3, -0.25) is 14.7 Å². The highest BCUT2D eigenvalue weighted by Crippen LogP contribution is 2.30. The van der Waals surface area contributed by atoms with Gasteiger partial charge in [-0.05, 0) is 37.8 Å². The lowest BCUT2D eigenvalue weighted by atomic mass is 10.2. The smallest absolute Gasteiger partial charge is 0.215 e. The molecule has 1 amide bonds. The third-order valence-electron chi connectivity index (χ3n) is 4.46. The minimum atomic E-state index is 0.617. The summed E-state index contributed by atoms with van der Waals surface area (Å²) < 4.78 is 0. The maximum Gasteiger partial charge on any atom is 0.215 e. The number of aryl methyl sites for hydroxylation is 1. The lowest BCUT2D eigenvalue weighted by Gasteiger charge is -2.20. The number of pyridine rings is 1. The summed E-state index contributed by atoms with van der Waals surface area (Å²) in [5.74, 6) is 1.40. The van der Waals surface area contributed by atoms with E-state index in [0.717, 1.165) is 61.3 Å². The Morgan fingerprint density at radius 3 is 2.83 bits per heavy atom. The number of fused-ring (bicyclic) bond motifs is 1. The highest BCUT2D eigenvalue weighted by molar-refractivity contribution is 5.76. The normalized spacial score (nSPS) is 12.9. The van der Waals surface area contributed by atoms with Crippen molar-refractivity contribution in [1.82, 2.24) is 15.0 Å². The van der Waals surface area contributed by atoms with E-state index in [4.69, 9.17) is 9.97 Å². The van der Waals surface area contributed by atoms with Gasteiger partial charge in [0.1, 0.15) is 11.5 Å². The topological polar surface area (TPSA) is 59.0 Å². The third-order valence-corrected chi connectivity index (χ3v) is 4.46. The van der Waals surface area contributed by atoms with Gasteiger partial charge in [0.2, 0.25) is 6.41 Å². The third kappa shape index (κ3) is 3.61. The van der Waals surface area contributed by atoms with Crippen LogP contribution in [0.1, 0.15) is 50.3 Å². The Morgan fingerprint density at radius 1 is 1.17 bits per heavy atom. The standard InChI is InChI=1S/C19H24N4O/c1-2-3-4-7-13-23(14-24)19-15-9-8-11-16(15)21-18(22-19)17-10-5-6-12-20-17/h5-6,10,12,14H,2-4,7-9,11,13H2,1H3. The average Bonchev–Trinajstić information content (AvgIpc) is 3.11. The van der Waals surface area contributed by atoms with E-state index in [0.29, 0.717) is 12.4 Å². The van der Waals surface area contributed by atoms with Crippen LogP contribution in [0.5, 0.6) is 0 Å². The lowest BCUT2D eigenvalue weighted by Crippen LogP contribution is -2.25. The zero-order valence-corrected chi connectivity index (χ0v) is 14.2. The summed E-state index contributed by atoms with van der Waals surface area (Å²) in [5, 5.41) is 0. The highest BCUT2D eigenvalue weighted by Gasteiger charge is 2.23. The van der Waals surface area contributed by atoms with Gasteiger partial charge < -0.3 is 0 Å². The Bertz CT molecular complexity index is 687. The van der Waals surface area contributed by atoms with E-state index in [-0.39, 0.29) is 0 Å². The first-order valence-corrected chi connectivity index (χ1v) is 8.86. The number of nitrogens with zero attached hydrogens (tertiary/aromatic N) is 4. The number of anilines is 1. The second-order valence-electron chi connectivity index (χ2n) is 6.22. The van der Waals surface area contributed by atoms with Gasteiger partial charge in [-0.15, -0.1) is 0 Å². The van der Waals surface area contributed by atoms with Crippen LogP contribution in [0, 0.1) is 0 Å². The summed E-state index contributed by atoms with van der Waals surface area (Å²) >= 11 is 0. The van der Waals surface area contributed by atoms with Crippen molar-refractivity contribution in [2.45, 2.75) is 51.9 Å². The molecular formula is C19H24N4O. The van der Waals surface area contributed by atoms with Crippen molar-refractivity contribution in [3.05, 3.63) is 35.7 Å². The predicted molar refractivity (Wildman–Crippen MR) is 94.8 cm³/mol. The number of hydrogen-bond acceptors (Lipinski definition) is 4. The van der Waals surface area contributed by atoms with E-state index in [1.165, 1.54) is 12.8 Å². The summed E-state index contributed by atoms with van der Waals surface area (Å²) in [5.41, 5.74) is 2.96. The van der Waals surface area contributed by atoms with Crippen LogP contribution in [-0.4, -0.2) is 27.9 Å². The van der Waals surface area contributed by atoms with Gasteiger partial charge in [0, 0.05) is 24.0 Å². The van der Waals surface area contributed by atoms with Gasteiger partial charge in [-0.1, -0.05) is 32.3 Å². The van der Waals surface area contributed by atoms with E-state index in [1.54, 1.807) is 11.1 Å². The van der Waals surface area contributed by atoms with Crippen LogP contribution in [0.2, 0.25) is 0 Å². The Balaban J connectivity index is 1.90. The Morgan fingerprint density at radius 2 is 2.08 bits per heavy atom. The molecule has 0 atom stereocenters. The average molecular weight is 324 g/mol. The van der Waals surface area contributed by atoms with Crippen LogP contribution in [0.4, 0.5) is 5.82 Å². The van der Waals surface area contributed by atoms with Crippen molar-refractivity contribution in [3.8, 4) is 11.5 Å². The van der Waals surface area contributed by atoms with Crippen LogP contribution < -0.4 is 4.90 Å². The van der Waals surface area contributed by atoms with E-state index in [9.17, 15) is 4.79 Å². The molecule has 2 aromatic heterocycles. The maximum atomic E-state index is 11.7. The van der Waals surface area contributed by atoms with Crippen LogP contribution in [0.25, 0.3) is 11.5 Å². The number of amides is 1. The number of unbranched alkanes of at least 4 members (excludes halogenated alkanes) is 3. The molecular weight excluding hydrogens is 300 g/mol. The predicted octanol–water partition coefficient (Wildman–Crippen LogP) is 3.57. The molecule has 2 aromatic rings. The van der Waals surface area contributed by atoms with Crippen LogP contribution in [0.3, 0.4) is 0 Å². The quantitative estimate of drug-likeness (QED) is 0.550. The Hall–Kier alpha value is -2.30. The molecule has 3 rings (SSSR count). The molecule has 0 fully saturated rings. The fourth-order valence-electron chi connectivity index (χ4n) is 3.18. The van der Waals surface area contributed by atoms with E-state index in [1.807, 2.05) is 18.2 Å². The molecule has 0 saturated heterocycles. The van der Waals surface area contributed by atoms with Crippen LogP contribution in [-0.2, 0) is 17.6 Å². The van der Waals surface area contributed by atoms with Crippen molar-refractivity contribution < 1.29 is 4.79 Å². The fraction of sp³-hybridized carbons (Fsp3) is 0.474. The molecule has 24 heavy (non-hydrogen) atoms. The van der Waals surface area contributed by atoms with Gasteiger partial charge in [0.05, 0.1) is 0 Å². The van der Waals surface area contributed by atoms with Crippen molar-refractivity contribution >= 4 is 12.2 Å². The first-order valence-electron chi connectivity index (χ1n) is 8.86. The summed E-state index contributed by atoms with van der Waals surface area (Å²) in [6, 6.07) is 5.72. The largest absolute Gasteiger partial charge is 0.299 e. The SMILES string of the molecule is CCCCCCN(C=O)c1nc(-c2ccccn2)nc2c1CCC2. The second-order valence-corrected chi connectivity index (χ2v) is 6.22. The zero-order chi connectivity index (χ0) is 16.8. The summed E-state index contributed by atoms with van der Waals surface area (Å²) in [6.45, 7) is 2.91. The second kappa shape index (κ2) is 7.99. The zero-order valence-electron chi connectivity index (χ0n) is 14.2. The van der Waals surface area contributed by atoms with Crippen LogP contribution in [0.15, 0.2) is 24.4 Å². The minimum Gasteiger partial charge on any atom is -0.299 e. The van der Waals surface area contributed by atoms with Gasteiger partial charge in [0.15, 0.2) is 5.82 Å². The molecule has 0 unspecified atom stereocenters. The van der Waals surface area contributed by atoms with Crippen molar-refractivity contribution in [1.29, 1.82) is 0 Å². The number of carbonyl (C=O) groups excluding carboxylic acids is 1. The number of carbonyl (C=O) groups is 1. The Labute approximate surface area is 143 Å². The van der Waals surface area contributed by atoms with Gasteiger partial charge in [-0.2, -0.15) is 0 Å². The van der Waals surface area contributed by atoms with Crippen molar-refractivity contribution in [2.24, 2.45) is 0 Å². The molecule has 5 heteroatoms. The van der Waals surface area contributed by atoms with E-state index >= 15 is 0 Å². The van der Waals surface area contributed by atoms with E-state index in [2.05, 4.69) is 11.9 Å². The van der Waals surface area contributed by atoms with Crippen molar-refractivity contribution in [3.63, 3.8) is 0 Å². The number of aromatic nitrogens is 3. The molecule has 1 aliphatic carbocycles. The molecule has 0 saturated carbocycles. The molecule has 0 aliphatic heterocycles. The van der Waals surface area contributed by atoms with Gasteiger partial charge in [0.25, 0.3) is 0 Å². The summed E-state index contributed by atoms with van der Waals surface area (Å²) in [4.78, 5) is 27.2. The van der Waals surface area contributed by atoms with Crippen molar-refractivity contribution in [2.75, 3.05) is 11.4 Å². The van der Waals surface area contributed by atoms with E-state index < -0.39 is 0 Å². The molecule has 0 aromatic carbocycles. The molecule has 2 heterocycles. The maximum absolute atomic E-state index is 11.7. The molecule has 126 valence electrons.